The number of β-amino-alcohol motifs (C(OH)–C–C–N with tert-alkyl or cyclic N) is 1. The Morgan fingerprint density at radius 3 is 2.48 bits per heavy atom. The van der Waals surface area contributed by atoms with Crippen molar-refractivity contribution in [2.75, 3.05) is 13.2 Å². The summed E-state index contributed by atoms with van der Waals surface area (Å²) in [6.45, 7) is 3.50. The van der Waals surface area contributed by atoms with Crippen LogP contribution < -0.4 is 4.74 Å². The summed E-state index contributed by atoms with van der Waals surface area (Å²) in [4.78, 5) is 26.7. The summed E-state index contributed by atoms with van der Waals surface area (Å²) in [7, 11) is 0. The quantitative estimate of drug-likeness (QED) is 0.393. The number of carbonyl (C=O) groups excluding carboxylic acids is 2. The maximum atomic E-state index is 12.8. The number of ketones is 1. The zero-order valence-electron chi connectivity index (χ0n) is 16.2. The second-order valence-corrected chi connectivity index (χ2v) is 6.83. The fourth-order valence-corrected chi connectivity index (χ4v) is 3.42. The van der Waals surface area contributed by atoms with Gasteiger partial charge in [-0.3, -0.25) is 9.59 Å². The Morgan fingerprint density at radius 2 is 1.86 bits per heavy atom. The number of hydrogen-bond donors (Lipinski definition) is 3. The highest BCUT2D eigenvalue weighted by molar-refractivity contribution is 6.46. The average Bonchev–Trinajstić information content (AvgIpc) is 2.94. The van der Waals surface area contributed by atoms with Crippen LogP contribution >= 0.6 is 0 Å². The van der Waals surface area contributed by atoms with Gasteiger partial charge in [0.1, 0.15) is 5.76 Å². The number of rotatable bonds is 6. The van der Waals surface area contributed by atoms with E-state index in [2.05, 4.69) is 0 Å². The third-order valence-corrected chi connectivity index (χ3v) is 4.65. The molecule has 0 radical (unpaired) electrons. The molecule has 1 aliphatic heterocycles. The molecule has 7 heteroatoms. The van der Waals surface area contributed by atoms with Crippen molar-refractivity contribution in [1.82, 2.24) is 4.90 Å². The molecule has 3 rings (SSSR count). The van der Waals surface area contributed by atoms with Gasteiger partial charge >= 0.3 is 0 Å². The summed E-state index contributed by atoms with van der Waals surface area (Å²) >= 11 is 0. The molecule has 1 saturated heterocycles. The second-order valence-electron chi connectivity index (χ2n) is 6.83. The number of aliphatic hydroxyl groups is 2. The molecule has 0 aliphatic carbocycles. The van der Waals surface area contributed by atoms with Gasteiger partial charge in [0.15, 0.2) is 11.5 Å². The first kappa shape index (κ1) is 20.4. The number of aromatic hydroxyl groups is 1. The van der Waals surface area contributed by atoms with Gasteiger partial charge in [0.05, 0.1) is 24.3 Å². The SMILES string of the molecule is CCOc1cc(C2C(=C(O)c3ccccc3)C(=O)C(=O)N2CC(C)O)ccc1O. The number of nitrogens with zero attached hydrogens (tertiary/aromatic N) is 1. The lowest BCUT2D eigenvalue weighted by atomic mass is 9.95. The highest BCUT2D eigenvalue weighted by atomic mass is 16.5. The number of amides is 1. The summed E-state index contributed by atoms with van der Waals surface area (Å²) in [6.07, 6.45) is -0.879. The Labute approximate surface area is 168 Å². The van der Waals surface area contributed by atoms with Crippen LogP contribution in [0.3, 0.4) is 0 Å². The van der Waals surface area contributed by atoms with Gasteiger partial charge in [-0.15, -0.1) is 0 Å². The molecular weight excluding hydrogens is 374 g/mol. The third kappa shape index (κ3) is 3.95. The Balaban J connectivity index is 2.20. The van der Waals surface area contributed by atoms with Crippen LogP contribution in [0.4, 0.5) is 0 Å². The fourth-order valence-electron chi connectivity index (χ4n) is 3.42. The largest absolute Gasteiger partial charge is 0.507 e. The number of benzene rings is 2. The summed E-state index contributed by atoms with van der Waals surface area (Å²) in [5, 5.41) is 30.7. The Kier molecular flexibility index (Phi) is 5.89. The summed E-state index contributed by atoms with van der Waals surface area (Å²) in [5.74, 6) is -1.81. The molecule has 1 aliphatic rings. The van der Waals surface area contributed by atoms with E-state index in [1.165, 1.54) is 24.0 Å². The molecule has 1 amide bonds. The maximum Gasteiger partial charge on any atom is 0.295 e. The third-order valence-electron chi connectivity index (χ3n) is 4.65. The predicted molar refractivity (Wildman–Crippen MR) is 106 cm³/mol. The number of aliphatic hydroxyl groups excluding tert-OH is 2. The lowest BCUT2D eigenvalue weighted by Gasteiger charge is -2.26. The van der Waals surface area contributed by atoms with E-state index in [1.54, 1.807) is 43.3 Å². The number of phenolic OH excluding ortho intramolecular Hbond substituents is 1. The first-order chi connectivity index (χ1) is 13.8. The van der Waals surface area contributed by atoms with Crippen LogP contribution in [-0.4, -0.2) is 51.2 Å². The minimum absolute atomic E-state index is 0.0741. The number of ether oxygens (including phenoxy) is 1. The molecule has 2 unspecified atom stereocenters. The van der Waals surface area contributed by atoms with Crippen LogP contribution in [-0.2, 0) is 9.59 Å². The van der Waals surface area contributed by atoms with Gasteiger partial charge < -0.3 is 25.0 Å². The molecule has 1 fully saturated rings. The molecule has 3 N–H and O–H groups in total. The molecule has 2 aromatic carbocycles. The fraction of sp³-hybridized carbons (Fsp3) is 0.273. The van der Waals surface area contributed by atoms with Crippen molar-refractivity contribution < 1.29 is 29.6 Å². The topological polar surface area (TPSA) is 107 Å². The lowest BCUT2D eigenvalue weighted by molar-refractivity contribution is -0.140. The Morgan fingerprint density at radius 1 is 1.17 bits per heavy atom. The van der Waals surface area contributed by atoms with E-state index in [0.717, 1.165) is 0 Å². The van der Waals surface area contributed by atoms with E-state index in [1.807, 2.05) is 0 Å². The van der Waals surface area contributed by atoms with Gasteiger partial charge in [0, 0.05) is 12.1 Å². The minimum Gasteiger partial charge on any atom is -0.507 e. The van der Waals surface area contributed by atoms with Crippen molar-refractivity contribution in [3.05, 3.63) is 65.2 Å². The summed E-state index contributed by atoms with van der Waals surface area (Å²) < 4.78 is 5.42. The lowest BCUT2D eigenvalue weighted by Crippen LogP contribution is -2.35. The molecular formula is C22H23NO6. The van der Waals surface area contributed by atoms with Crippen molar-refractivity contribution >= 4 is 17.4 Å². The molecule has 0 bridgehead atoms. The number of phenols is 1. The van der Waals surface area contributed by atoms with E-state index in [9.17, 15) is 24.9 Å². The maximum absolute atomic E-state index is 12.8. The van der Waals surface area contributed by atoms with E-state index >= 15 is 0 Å². The molecule has 1 heterocycles. The summed E-state index contributed by atoms with van der Waals surface area (Å²) in [5.41, 5.74) is 0.801. The number of likely N-dealkylation sites (tertiary alicyclic amines) is 1. The van der Waals surface area contributed by atoms with E-state index in [4.69, 9.17) is 4.74 Å². The van der Waals surface area contributed by atoms with Crippen molar-refractivity contribution in [2.24, 2.45) is 0 Å². The van der Waals surface area contributed by atoms with Crippen LogP contribution in [0.2, 0.25) is 0 Å². The van der Waals surface area contributed by atoms with Gasteiger partial charge in [-0.2, -0.15) is 0 Å². The summed E-state index contributed by atoms with van der Waals surface area (Å²) in [6, 6.07) is 12.0. The average molecular weight is 397 g/mol. The molecule has 0 saturated carbocycles. The van der Waals surface area contributed by atoms with Crippen molar-refractivity contribution in [1.29, 1.82) is 0 Å². The van der Waals surface area contributed by atoms with Crippen LogP contribution in [0.5, 0.6) is 11.5 Å². The molecule has 0 spiro atoms. The van der Waals surface area contributed by atoms with Gasteiger partial charge in [-0.1, -0.05) is 36.4 Å². The first-order valence-corrected chi connectivity index (χ1v) is 9.32. The molecule has 29 heavy (non-hydrogen) atoms. The smallest absolute Gasteiger partial charge is 0.295 e. The zero-order chi connectivity index (χ0) is 21.1. The molecule has 152 valence electrons. The Bertz CT molecular complexity index is 951. The molecule has 2 atom stereocenters. The van der Waals surface area contributed by atoms with Gasteiger partial charge in [0.2, 0.25) is 0 Å². The Hall–Kier alpha value is -3.32. The van der Waals surface area contributed by atoms with Crippen molar-refractivity contribution in [2.45, 2.75) is 26.0 Å². The highest BCUT2D eigenvalue weighted by Crippen LogP contribution is 2.41. The predicted octanol–water partition coefficient (Wildman–Crippen LogP) is 2.59. The monoisotopic (exact) mass is 397 g/mol. The van der Waals surface area contributed by atoms with Gasteiger partial charge in [-0.05, 0) is 31.5 Å². The van der Waals surface area contributed by atoms with E-state index in [-0.39, 0.29) is 29.4 Å². The first-order valence-electron chi connectivity index (χ1n) is 9.32. The number of hydrogen-bond acceptors (Lipinski definition) is 6. The van der Waals surface area contributed by atoms with Crippen LogP contribution in [0.1, 0.15) is 31.0 Å². The van der Waals surface area contributed by atoms with Crippen LogP contribution in [0.25, 0.3) is 5.76 Å². The number of Topliss-reactive ketones (excluding diaryl/α,β-unsaturated/α-hetero) is 1. The molecule has 0 aromatic heterocycles. The molecule has 2 aromatic rings. The normalized spacial score (nSPS) is 19.4. The van der Waals surface area contributed by atoms with Crippen LogP contribution in [0.15, 0.2) is 54.1 Å². The van der Waals surface area contributed by atoms with E-state index in [0.29, 0.717) is 17.7 Å². The molecule has 7 nitrogen and oxygen atoms in total. The number of carbonyl (C=O) groups is 2. The zero-order valence-corrected chi connectivity index (χ0v) is 16.2. The van der Waals surface area contributed by atoms with Crippen molar-refractivity contribution in [3.8, 4) is 11.5 Å². The minimum atomic E-state index is -0.926. The standard InChI is InChI=1S/C22H23NO6/c1-3-29-17-11-15(9-10-16(17)25)19-18(20(26)14-7-5-4-6-8-14)21(27)22(28)23(19)12-13(2)24/h4-11,13,19,24-26H,3,12H2,1-2H3. The van der Waals surface area contributed by atoms with E-state index < -0.39 is 23.8 Å². The second kappa shape index (κ2) is 8.36. The van der Waals surface area contributed by atoms with Gasteiger partial charge in [0.25, 0.3) is 11.7 Å². The van der Waals surface area contributed by atoms with Crippen LogP contribution in [0, 0.1) is 0 Å². The van der Waals surface area contributed by atoms with Gasteiger partial charge in [-0.25, -0.2) is 0 Å². The highest BCUT2D eigenvalue weighted by Gasteiger charge is 2.46. The van der Waals surface area contributed by atoms with Crippen molar-refractivity contribution in [3.63, 3.8) is 0 Å².